The van der Waals surface area contributed by atoms with E-state index in [2.05, 4.69) is 4.98 Å². The van der Waals surface area contributed by atoms with Gasteiger partial charge >= 0.3 is 0 Å². The van der Waals surface area contributed by atoms with E-state index in [0.29, 0.717) is 23.4 Å². The standard InChI is InChI=1S/C6H7N3O/c7-5-2-9-6(8)1-4(5)3-10/h1-3H,7H2,(H2,8,9). The molecule has 1 heterocycles. The van der Waals surface area contributed by atoms with Gasteiger partial charge in [-0.15, -0.1) is 0 Å². The molecule has 1 aromatic heterocycles. The normalized spacial score (nSPS) is 9.20. The van der Waals surface area contributed by atoms with Gasteiger partial charge in [0.25, 0.3) is 0 Å². The van der Waals surface area contributed by atoms with Crippen molar-refractivity contribution >= 4 is 17.8 Å². The number of carbonyl (C=O) groups is 1. The molecule has 0 unspecified atom stereocenters. The molecule has 4 N–H and O–H groups in total. The monoisotopic (exact) mass is 137 g/mol. The van der Waals surface area contributed by atoms with Crippen molar-refractivity contribution < 1.29 is 4.79 Å². The highest BCUT2D eigenvalue weighted by atomic mass is 16.1. The molecule has 0 bridgehead atoms. The van der Waals surface area contributed by atoms with E-state index < -0.39 is 0 Å². The van der Waals surface area contributed by atoms with E-state index in [9.17, 15) is 4.79 Å². The first kappa shape index (κ1) is 6.54. The lowest BCUT2D eigenvalue weighted by atomic mass is 10.2. The molecule has 0 aliphatic carbocycles. The second kappa shape index (κ2) is 2.34. The Labute approximate surface area is 57.9 Å². The van der Waals surface area contributed by atoms with Crippen LogP contribution in [-0.4, -0.2) is 11.3 Å². The maximum absolute atomic E-state index is 10.2. The fourth-order valence-electron chi connectivity index (χ4n) is 0.601. The van der Waals surface area contributed by atoms with Crippen molar-refractivity contribution in [2.45, 2.75) is 0 Å². The van der Waals surface area contributed by atoms with Crippen LogP contribution in [0.5, 0.6) is 0 Å². The van der Waals surface area contributed by atoms with Crippen molar-refractivity contribution in [3.05, 3.63) is 17.8 Å². The lowest BCUT2D eigenvalue weighted by Crippen LogP contribution is -1.97. The molecule has 0 spiro atoms. The molecule has 1 rings (SSSR count). The molecular weight excluding hydrogens is 130 g/mol. The van der Waals surface area contributed by atoms with E-state index in [0.717, 1.165) is 0 Å². The summed E-state index contributed by atoms with van der Waals surface area (Å²) in [5.41, 5.74) is 11.4. The minimum absolute atomic E-state index is 0.302. The van der Waals surface area contributed by atoms with Gasteiger partial charge in [0.15, 0.2) is 6.29 Å². The number of hydrogen-bond acceptors (Lipinski definition) is 4. The average Bonchev–Trinajstić information content (AvgIpc) is 1.94. The van der Waals surface area contributed by atoms with Crippen LogP contribution in [0.1, 0.15) is 10.4 Å². The minimum atomic E-state index is 0.302. The van der Waals surface area contributed by atoms with E-state index in [1.807, 2.05) is 0 Å². The minimum Gasteiger partial charge on any atom is -0.397 e. The maximum Gasteiger partial charge on any atom is 0.152 e. The Morgan fingerprint density at radius 1 is 1.50 bits per heavy atom. The van der Waals surface area contributed by atoms with Gasteiger partial charge in [-0.25, -0.2) is 4.98 Å². The molecular formula is C6H7N3O. The molecule has 1 aromatic rings. The molecule has 4 nitrogen and oxygen atoms in total. The highest BCUT2D eigenvalue weighted by molar-refractivity contribution is 5.83. The number of nitrogens with two attached hydrogens (primary N) is 2. The predicted molar refractivity (Wildman–Crippen MR) is 38.4 cm³/mol. The number of rotatable bonds is 1. The largest absolute Gasteiger partial charge is 0.397 e. The Balaban J connectivity index is 3.21. The zero-order valence-electron chi connectivity index (χ0n) is 5.24. The van der Waals surface area contributed by atoms with Gasteiger partial charge in [0.2, 0.25) is 0 Å². The summed E-state index contributed by atoms with van der Waals surface area (Å²) in [6.07, 6.45) is 2.01. The van der Waals surface area contributed by atoms with Crippen LogP contribution in [0.2, 0.25) is 0 Å². The quantitative estimate of drug-likeness (QED) is 0.536. The Bertz CT molecular complexity index is 259. The number of nitrogen functional groups attached to an aromatic ring is 2. The molecule has 0 radical (unpaired) electrons. The lowest BCUT2D eigenvalue weighted by molar-refractivity contribution is 0.112. The summed E-state index contributed by atoms with van der Waals surface area (Å²) < 4.78 is 0. The smallest absolute Gasteiger partial charge is 0.152 e. The summed E-state index contributed by atoms with van der Waals surface area (Å²) in [5, 5.41) is 0. The van der Waals surface area contributed by atoms with E-state index in [1.54, 1.807) is 0 Å². The SMILES string of the molecule is Nc1cc(C=O)c(N)cn1. The van der Waals surface area contributed by atoms with E-state index in [-0.39, 0.29) is 0 Å². The number of carbonyl (C=O) groups excluding carboxylic acids is 1. The number of aldehydes is 1. The first-order chi connectivity index (χ1) is 4.74. The van der Waals surface area contributed by atoms with Crippen LogP contribution >= 0.6 is 0 Å². The number of anilines is 2. The second-order valence-corrected chi connectivity index (χ2v) is 1.86. The van der Waals surface area contributed by atoms with Crippen LogP contribution in [0.25, 0.3) is 0 Å². The average molecular weight is 137 g/mol. The number of hydrogen-bond donors (Lipinski definition) is 2. The summed E-state index contributed by atoms with van der Waals surface area (Å²) in [6.45, 7) is 0. The fraction of sp³-hybridized carbons (Fsp3) is 0. The van der Waals surface area contributed by atoms with Crippen molar-refractivity contribution in [3.63, 3.8) is 0 Å². The highest BCUT2D eigenvalue weighted by Gasteiger charge is 1.96. The molecule has 0 aromatic carbocycles. The van der Waals surface area contributed by atoms with Crippen LogP contribution < -0.4 is 11.5 Å². The van der Waals surface area contributed by atoms with Crippen LogP contribution in [0.15, 0.2) is 12.3 Å². The zero-order valence-corrected chi connectivity index (χ0v) is 5.24. The van der Waals surface area contributed by atoms with Gasteiger partial charge in [-0.3, -0.25) is 4.79 Å². The van der Waals surface area contributed by atoms with Crippen LogP contribution in [0, 0.1) is 0 Å². The Kier molecular flexibility index (Phi) is 1.53. The summed E-state index contributed by atoms with van der Waals surface area (Å²) >= 11 is 0. The Morgan fingerprint density at radius 3 is 2.70 bits per heavy atom. The zero-order chi connectivity index (χ0) is 7.56. The molecule has 4 heteroatoms. The van der Waals surface area contributed by atoms with Crippen molar-refractivity contribution in [1.29, 1.82) is 0 Å². The summed E-state index contributed by atoms with van der Waals surface area (Å²) in [4.78, 5) is 13.9. The third kappa shape index (κ3) is 1.05. The number of pyridine rings is 1. The number of nitrogens with zero attached hydrogens (tertiary/aromatic N) is 1. The first-order valence-corrected chi connectivity index (χ1v) is 2.70. The van der Waals surface area contributed by atoms with Gasteiger partial charge < -0.3 is 11.5 Å². The predicted octanol–water partition coefficient (Wildman–Crippen LogP) is 0.0585. The molecule has 52 valence electrons. The highest BCUT2D eigenvalue weighted by Crippen LogP contribution is 2.08. The first-order valence-electron chi connectivity index (χ1n) is 2.70. The summed E-state index contributed by atoms with van der Waals surface area (Å²) in [7, 11) is 0. The van der Waals surface area contributed by atoms with Crippen LogP contribution in [-0.2, 0) is 0 Å². The molecule has 0 saturated heterocycles. The van der Waals surface area contributed by atoms with E-state index in [4.69, 9.17) is 11.5 Å². The summed E-state index contributed by atoms with van der Waals surface area (Å²) in [5.74, 6) is 0.302. The molecule has 0 amide bonds. The van der Waals surface area contributed by atoms with Gasteiger partial charge in [0.1, 0.15) is 5.82 Å². The van der Waals surface area contributed by atoms with Crippen molar-refractivity contribution in [3.8, 4) is 0 Å². The van der Waals surface area contributed by atoms with Crippen molar-refractivity contribution in [2.75, 3.05) is 11.5 Å². The molecule has 0 saturated carbocycles. The van der Waals surface area contributed by atoms with Crippen LogP contribution in [0.3, 0.4) is 0 Å². The van der Waals surface area contributed by atoms with Gasteiger partial charge in [-0.2, -0.15) is 0 Å². The molecule has 10 heavy (non-hydrogen) atoms. The van der Waals surface area contributed by atoms with E-state index in [1.165, 1.54) is 12.3 Å². The van der Waals surface area contributed by atoms with Crippen molar-refractivity contribution in [2.24, 2.45) is 0 Å². The fourth-order valence-corrected chi connectivity index (χ4v) is 0.601. The van der Waals surface area contributed by atoms with E-state index >= 15 is 0 Å². The third-order valence-corrected chi connectivity index (χ3v) is 1.12. The third-order valence-electron chi connectivity index (χ3n) is 1.12. The molecule has 0 aliphatic heterocycles. The maximum atomic E-state index is 10.2. The van der Waals surface area contributed by atoms with Gasteiger partial charge in [0, 0.05) is 5.56 Å². The molecule has 0 atom stereocenters. The second-order valence-electron chi connectivity index (χ2n) is 1.86. The topological polar surface area (TPSA) is 82.0 Å². The van der Waals surface area contributed by atoms with Gasteiger partial charge in [-0.1, -0.05) is 0 Å². The lowest BCUT2D eigenvalue weighted by Gasteiger charge is -1.96. The summed E-state index contributed by atoms with van der Waals surface area (Å²) in [6, 6.07) is 1.43. The Morgan fingerprint density at radius 2 is 2.20 bits per heavy atom. The van der Waals surface area contributed by atoms with Crippen molar-refractivity contribution in [1.82, 2.24) is 4.98 Å². The van der Waals surface area contributed by atoms with Crippen LogP contribution in [0.4, 0.5) is 11.5 Å². The Hall–Kier alpha value is -1.58. The number of aromatic nitrogens is 1. The van der Waals surface area contributed by atoms with Gasteiger partial charge in [0.05, 0.1) is 11.9 Å². The van der Waals surface area contributed by atoms with Gasteiger partial charge in [-0.05, 0) is 6.07 Å². The molecule has 0 fully saturated rings. The molecule has 0 aliphatic rings.